The summed E-state index contributed by atoms with van der Waals surface area (Å²) in [6.45, 7) is 1.13. The van der Waals surface area contributed by atoms with Crippen LogP contribution in [-0.4, -0.2) is 18.2 Å². The van der Waals surface area contributed by atoms with Gasteiger partial charge in [0.25, 0.3) is 0 Å². The smallest absolute Gasteiger partial charge is 0.145 e. The molecule has 0 spiro atoms. The molecular formula is C6H9N3O3. The van der Waals surface area contributed by atoms with Crippen LogP contribution in [0.3, 0.4) is 0 Å². The maximum Gasteiger partial charge on any atom is 0.145 e. The molecule has 0 saturated carbocycles. The molecule has 0 aromatic rings. The Balaban J connectivity index is 1.98. The Morgan fingerprint density at radius 2 is 2.50 bits per heavy atom. The molecule has 6 nitrogen and oxygen atoms in total. The first kappa shape index (κ1) is 7.41. The van der Waals surface area contributed by atoms with Crippen LogP contribution < -0.4 is 11.0 Å². The molecule has 0 saturated heterocycles. The zero-order valence-corrected chi connectivity index (χ0v) is 6.32. The van der Waals surface area contributed by atoms with E-state index in [-0.39, 0.29) is 0 Å². The minimum Gasteiger partial charge on any atom is -0.322 e. The van der Waals surface area contributed by atoms with Crippen LogP contribution in [0.4, 0.5) is 0 Å². The average molecular weight is 171 g/mol. The summed E-state index contributed by atoms with van der Waals surface area (Å²) in [7, 11) is 0. The highest BCUT2D eigenvalue weighted by Crippen LogP contribution is 2.07. The van der Waals surface area contributed by atoms with E-state index < -0.39 is 0 Å². The molecule has 12 heavy (non-hydrogen) atoms. The zero-order valence-electron chi connectivity index (χ0n) is 6.32. The quantitative estimate of drug-likeness (QED) is 0.522. The van der Waals surface area contributed by atoms with E-state index in [0.717, 1.165) is 5.82 Å². The lowest BCUT2D eigenvalue weighted by molar-refractivity contribution is -0.392. The Labute approximate surface area is 69.2 Å². The average Bonchev–Trinajstić information content (AvgIpc) is 2.21. The lowest BCUT2D eigenvalue weighted by Gasteiger charge is -2.27. The molecule has 0 aromatic carbocycles. The van der Waals surface area contributed by atoms with Crippen molar-refractivity contribution in [2.75, 3.05) is 13.2 Å². The molecule has 2 rings (SSSR count). The third-order valence-electron chi connectivity index (χ3n) is 1.44. The van der Waals surface area contributed by atoms with E-state index in [1.165, 1.54) is 6.26 Å². The van der Waals surface area contributed by atoms with Gasteiger partial charge >= 0.3 is 0 Å². The van der Waals surface area contributed by atoms with Gasteiger partial charge in [-0.15, -0.1) is 5.59 Å². The third kappa shape index (κ3) is 1.50. The van der Waals surface area contributed by atoms with Crippen molar-refractivity contribution in [3.63, 3.8) is 0 Å². The molecule has 0 bridgehead atoms. The van der Waals surface area contributed by atoms with Crippen LogP contribution in [0.2, 0.25) is 0 Å². The van der Waals surface area contributed by atoms with Crippen LogP contribution in [0.25, 0.3) is 0 Å². The first-order valence-electron chi connectivity index (χ1n) is 3.56. The second kappa shape index (κ2) is 3.44. The van der Waals surface area contributed by atoms with Gasteiger partial charge < -0.3 is 4.89 Å². The lowest BCUT2D eigenvalue weighted by Crippen LogP contribution is -2.43. The van der Waals surface area contributed by atoms with E-state index in [9.17, 15) is 0 Å². The maximum atomic E-state index is 4.84. The summed E-state index contributed by atoms with van der Waals surface area (Å²) in [6, 6.07) is 0. The minimum absolute atomic E-state index is 0.492. The van der Waals surface area contributed by atoms with Gasteiger partial charge in [0.2, 0.25) is 0 Å². The van der Waals surface area contributed by atoms with Gasteiger partial charge in [-0.25, -0.2) is 0 Å². The standard InChI is InChI=1S/C6H9N3O3/c1-3-9(12-11-4-1)6-2-5-10-8-7-6/h1-2,4,7-8H,3,5H2. The predicted octanol–water partition coefficient (Wildman–Crippen LogP) is -0.440. The molecule has 66 valence electrons. The van der Waals surface area contributed by atoms with Crippen molar-refractivity contribution >= 4 is 0 Å². The molecule has 0 fully saturated rings. The monoisotopic (exact) mass is 171 g/mol. The number of hydrazine groups is 1. The highest BCUT2D eigenvalue weighted by atomic mass is 17.3. The molecule has 0 unspecified atom stereocenters. The molecule has 0 atom stereocenters. The number of nitrogens with zero attached hydrogens (tertiary/aromatic N) is 1. The second-order valence-electron chi connectivity index (χ2n) is 2.23. The summed E-state index contributed by atoms with van der Waals surface area (Å²) in [5.74, 6) is 0.769. The normalized spacial score (nSPS) is 22.7. The van der Waals surface area contributed by atoms with Gasteiger partial charge in [-0.2, -0.15) is 5.06 Å². The van der Waals surface area contributed by atoms with Crippen molar-refractivity contribution in [1.29, 1.82) is 0 Å². The summed E-state index contributed by atoms with van der Waals surface area (Å²) in [5.41, 5.74) is 5.28. The van der Waals surface area contributed by atoms with E-state index in [1.54, 1.807) is 5.06 Å². The Morgan fingerprint density at radius 3 is 3.17 bits per heavy atom. The summed E-state index contributed by atoms with van der Waals surface area (Å²) in [5, 5.41) is 1.55. The molecule has 0 radical (unpaired) electrons. The SMILES string of the molecule is C1=COON(C2=CCONN2)C1. The van der Waals surface area contributed by atoms with Crippen LogP contribution in [0.5, 0.6) is 0 Å². The van der Waals surface area contributed by atoms with Crippen LogP contribution in [0.15, 0.2) is 24.2 Å². The number of hydrogen-bond acceptors (Lipinski definition) is 6. The number of hydroxylamine groups is 2. The molecule has 2 aliphatic heterocycles. The molecular weight excluding hydrogens is 162 g/mol. The van der Waals surface area contributed by atoms with E-state index in [1.807, 2.05) is 12.2 Å². The molecule has 2 aliphatic rings. The van der Waals surface area contributed by atoms with Crippen LogP contribution in [0.1, 0.15) is 0 Å². The molecule has 2 N–H and O–H groups in total. The first-order valence-corrected chi connectivity index (χ1v) is 3.56. The molecule has 2 heterocycles. The Bertz CT molecular complexity index is 216. The van der Waals surface area contributed by atoms with Crippen molar-refractivity contribution in [3.8, 4) is 0 Å². The van der Waals surface area contributed by atoms with Crippen molar-refractivity contribution in [2.45, 2.75) is 0 Å². The van der Waals surface area contributed by atoms with Crippen LogP contribution in [0, 0.1) is 0 Å². The lowest BCUT2D eigenvalue weighted by atomic mass is 10.5. The topological polar surface area (TPSA) is 55.0 Å². The highest BCUT2D eigenvalue weighted by molar-refractivity contribution is 4.99. The Kier molecular flexibility index (Phi) is 2.12. The fourth-order valence-electron chi connectivity index (χ4n) is 0.890. The maximum absolute atomic E-state index is 4.84. The number of nitrogens with one attached hydrogen (secondary N) is 2. The van der Waals surface area contributed by atoms with E-state index in [0.29, 0.717) is 13.2 Å². The van der Waals surface area contributed by atoms with E-state index in [4.69, 9.17) is 9.83 Å². The molecule has 6 heteroatoms. The molecule has 0 amide bonds. The zero-order chi connectivity index (χ0) is 8.23. The van der Waals surface area contributed by atoms with Gasteiger partial charge in [0.05, 0.1) is 13.2 Å². The van der Waals surface area contributed by atoms with Gasteiger partial charge in [0.15, 0.2) is 0 Å². The summed E-state index contributed by atoms with van der Waals surface area (Å²) in [4.78, 5) is 14.3. The largest absolute Gasteiger partial charge is 0.322 e. The van der Waals surface area contributed by atoms with Gasteiger partial charge in [-0.05, 0) is 12.2 Å². The molecule has 0 aliphatic carbocycles. The summed E-state index contributed by atoms with van der Waals surface area (Å²) in [6.07, 6.45) is 5.16. The van der Waals surface area contributed by atoms with E-state index in [2.05, 4.69) is 15.9 Å². The highest BCUT2D eigenvalue weighted by Gasteiger charge is 2.14. The number of hydrogen-bond donors (Lipinski definition) is 2. The third-order valence-corrected chi connectivity index (χ3v) is 1.44. The predicted molar refractivity (Wildman–Crippen MR) is 38.3 cm³/mol. The first-order chi connectivity index (χ1) is 5.97. The summed E-state index contributed by atoms with van der Waals surface area (Å²) >= 11 is 0. The van der Waals surface area contributed by atoms with Gasteiger partial charge in [0.1, 0.15) is 12.1 Å². The van der Waals surface area contributed by atoms with Crippen LogP contribution in [-0.2, 0) is 14.7 Å². The number of rotatable bonds is 1. The van der Waals surface area contributed by atoms with E-state index >= 15 is 0 Å². The van der Waals surface area contributed by atoms with Crippen molar-refractivity contribution in [3.05, 3.63) is 24.2 Å². The fourth-order valence-corrected chi connectivity index (χ4v) is 0.890. The summed E-state index contributed by atoms with van der Waals surface area (Å²) < 4.78 is 0. The van der Waals surface area contributed by atoms with Crippen molar-refractivity contribution in [1.82, 2.24) is 16.1 Å². The van der Waals surface area contributed by atoms with Crippen molar-refractivity contribution in [2.24, 2.45) is 0 Å². The van der Waals surface area contributed by atoms with Crippen molar-refractivity contribution < 1.29 is 14.7 Å². The van der Waals surface area contributed by atoms with Gasteiger partial charge in [0, 0.05) is 0 Å². The Hall–Kier alpha value is -1.24. The van der Waals surface area contributed by atoms with Gasteiger partial charge in [-0.3, -0.25) is 10.3 Å². The second-order valence-corrected chi connectivity index (χ2v) is 2.23. The van der Waals surface area contributed by atoms with Gasteiger partial charge in [-0.1, -0.05) is 4.99 Å². The molecule has 0 aromatic heterocycles. The Morgan fingerprint density at radius 1 is 1.50 bits per heavy atom. The fraction of sp³-hybridized carbons (Fsp3) is 0.333. The minimum atomic E-state index is 0.492. The van der Waals surface area contributed by atoms with Crippen LogP contribution >= 0.6 is 0 Å².